The minimum absolute atomic E-state index is 0.286. The van der Waals surface area contributed by atoms with Gasteiger partial charge in [0.1, 0.15) is 6.07 Å². The van der Waals surface area contributed by atoms with E-state index in [0.29, 0.717) is 0 Å². The van der Waals surface area contributed by atoms with Crippen molar-refractivity contribution >= 4 is 11.8 Å². The number of allylic oxidation sites excluding steroid dienone is 10. The van der Waals surface area contributed by atoms with E-state index in [-0.39, 0.29) is 5.41 Å². The molecule has 0 aromatic rings. The van der Waals surface area contributed by atoms with Gasteiger partial charge >= 0.3 is 0 Å². The van der Waals surface area contributed by atoms with Crippen LogP contribution in [0.3, 0.4) is 0 Å². The second-order valence-electron chi connectivity index (χ2n) is 6.86. The normalized spacial score (nSPS) is 20.1. The Labute approximate surface area is 146 Å². The standard InChI is InChI=1S/C21H29NS/c1-16(9-7-10-18(3)20(15-22)23-6)12-13-19-17(2)11-8-14-21(19,4)5/h7,9-10,12-13H,8,11,14H2,1-6H3/b10-7+,13-12+,16-9+,20-18-. The summed E-state index contributed by atoms with van der Waals surface area (Å²) in [5.74, 6) is 0. The molecule has 0 fully saturated rings. The smallest absolute Gasteiger partial charge is 0.106 e. The lowest BCUT2D eigenvalue weighted by Crippen LogP contribution is -2.19. The molecule has 124 valence electrons. The Bertz CT molecular complexity index is 619. The van der Waals surface area contributed by atoms with Crippen LogP contribution in [0.4, 0.5) is 0 Å². The van der Waals surface area contributed by atoms with Gasteiger partial charge in [-0.25, -0.2) is 0 Å². The van der Waals surface area contributed by atoms with Crippen molar-refractivity contribution < 1.29 is 0 Å². The van der Waals surface area contributed by atoms with Gasteiger partial charge in [0.25, 0.3) is 0 Å². The molecule has 2 heteroatoms. The van der Waals surface area contributed by atoms with Crippen molar-refractivity contribution in [1.82, 2.24) is 0 Å². The predicted octanol–water partition coefficient (Wildman–Crippen LogP) is 6.73. The van der Waals surface area contributed by atoms with Crippen LogP contribution in [0, 0.1) is 16.7 Å². The van der Waals surface area contributed by atoms with Gasteiger partial charge in [0.15, 0.2) is 0 Å². The second kappa shape index (κ2) is 8.99. The SMILES string of the molecule is CS\C(C#N)=C(C)/C=C/C=C(C)/C=C/C1=C(C)CCCC1(C)C. The highest BCUT2D eigenvalue weighted by Gasteiger charge is 2.26. The van der Waals surface area contributed by atoms with E-state index in [2.05, 4.69) is 52.0 Å². The number of nitrogens with zero attached hydrogens (tertiary/aromatic N) is 1. The molecule has 0 N–H and O–H groups in total. The molecule has 0 atom stereocenters. The van der Waals surface area contributed by atoms with Crippen LogP contribution >= 0.6 is 11.8 Å². The molecule has 1 nitrogen and oxygen atoms in total. The van der Waals surface area contributed by atoms with Gasteiger partial charge in [-0.1, -0.05) is 55.4 Å². The van der Waals surface area contributed by atoms with Gasteiger partial charge < -0.3 is 0 Å². The highest BCUT2D eigenvalue weighted by atomic mass is 32.2. The molecule has 1 aliphatic carbocycles. The number of thioether (sulfide) groups is 1. The summed E-state index contributed by atoms with van der Waals surface area (Å²) in [6.07, 6.45) is 16.3. The van der Waals surface area contributed by atoms with E-state index in [9.17, 15) is 0 Å². The van der Waals surface area contributed by atoms with Gasteiger partial charge in [0.2, 0.25) is 0 Å². The van der Waals surface area contributed by atoms with E-state index in [4.69, 9.17) is 5.26 Å². The van der Waals surface area contributed by atoms with Crippen molar-refractivity contribution in [2.45, 2.75) is 53.9 Å². The Morgan fingerprint density at radius 3 is 2.52 bits per heavy atom. The maximum Gasteiger partial charge on any atom is 0.106 e. The van der Waals surface area contributed by atoms with Crippen LogP contribution < -0.4 is 0 Å². The molecule has 0 heterocycles. The highest BCUT2D eigenvalue weighted by Crippen LogP contribution is 2.40. The van der Waals surface area contributed by atoms with Crippen molar-refractivity contribution in [2.24, 2.45) is 5.41 Å². The van der Waals surface area contributed by atoms with Crippen LogP contribution in [0.15, 0.2) is 57.6 Å². The fourth-order valence-electron chi connectivity index (χ4n) is 3.00. The molecule has 0 aromatic carbocycles. The summed E-state index contributed by atoms with van der Waals surface area (Å²) in [4.78, 5) is 0.771. The number of nitriles is 1. The number of rotatable bonds is 5. The number of hydrogen-bond acceptors (Lipinski definition) is 2. The van der Waals surface area contributed by atoms with Gasteiger partial charge in [-0.2, -0.15) is 5.26 Å². The Hall–Kier alpha value is -1.46. The molecule has 1 aliphatic rings. The van der Waals surface area contributed by atoms with Crippen molar-refractivity contribution in [2.75, 3.05) is 6.26 Å². The van der Waals surface area contributed by atoms with E-state index in [1.165, 1.54) is 47.7 Å². The zero-order valence-electron chi connectivity index (χ0n) is 15.4. The van der Waals surface area contributed by atoms with Crippen LogP contribution in [0.1, 0.15) is 53.9 Å². The predicted molar refractivity (Wildman–Crippen MR) is 104 cm³/mol. The van der Waals surface area contributed by atoms with Crippen molar-refractivity contribution in [3.63, 3.8) is 0 Å². The molecule has 0 amide bonds. The molecule has 0 saturated carbocycles. The quantitative estimate of drug-likeness (QED) is 0.413. The van der Waals surface area contributed by atoms with E-state index < -0.39 is 0 Å². The van der Waals surface area contributed by atoms with Gasteiger partial charge in [-0.05, 0) is 62.9 Å². The molecule has 0 aromatic heterocycles. The van der Waals surface area contributed by atoms with E-state index in [1.54, 1.807) is 0 Å². The largest absolute Gasteiger partial charge is 0.192 e. The Balaban J connectivity index is 2.85. The topological polar surface area (TPSA) is 23.8 Å². The average Bonchev–Trinajstić information content (AvgIpc) is 2.47. The van der Waals surface area contributed by atoms with Crippen LogP contribution in [-0.2, 0) is 0 Å². The summed E-state index contributed by atoms with van der Waals surface area (Å²) < 4.78 is 0. The van der Waals surface area contributed by atoms with Crippen LogP contribution in [-0.4, -0.2) is 6.26 Å². The molecular formula is C21H29NS. The third-order valence-corrected chi connectivity index (χ3v) is 5.25. The average molecular weight is 328 g/mol. The fraction of sp³-hybridized carbons (Fsp3) is 0.476. The molecule has 23 heavy (non-hydrogen) atoms. The zero-order valence-corrected chi connectivity index (χ0v) is 16.2. The lowest BCUT2D eigenvalue weighted by Gasteiger charge is -2.32. The first-order valence-corrected chi connectivity index (χ1v) is 9.42. The van der Waals surface area contributed by atoms with Gasteiger partial charge in [0, 0.05) is 0 Å². The summed E-state index contributed by atoms with van der Waals surface area (Å²) in [7, 11) is 0. The summed E-state index contributed by atoms with van der Waals surface area (Å²) in [5.41, 5.74) is 5.54. The molecule has 0 unspecified atom stereocenters. The Morgan fingerprint density at radius 2 is 1.96 bits per heavy atom. The first kappa shape index (κ1) is 19.6. The highest BCUT2D eigenvalue weighted by molar-refractivity contribution is 8.02. The summed E-state index contributed by atoms with van der Waals surface area (Å²) in [6.45, 7) is 11.0. The molecule has 0 aliphatic heterocycles. The summed E-state index contributed by atoms with van der Waals surface area (Å²) >= 11 is 1.49. The molecule has 0 spiro atoms. The van der Waals surface area contributed by atoms with E-state index >= 15 is 0 Å². The van der Waals surface area contributed by atoms with Gasteiger partial charge in [-0.3, -0.25) is 0 Å². The lowest BCUT2D eigenvalue weighted by atomic mass is 9.72. The molecule has 0 saturated heterocycles. The molecule has 0 radical (unpaired) electrons. The van der Waals surface area contributed by atoms with Crippen molar-refractivity contribution in [3.05, 3.63) is 57.6 Å². The fourth-order valence-corrected chi connectivity index (χ4v) is 3.48. The maximum atomic E-state index is 9.01. The first-order chi connectivity index (χ1) is 10.8. The summed E-state index contributed by atoms with van der Waals surface area (Å²) in [5, 5.41) is 9.01. The third kappa shape index (κ3) is 5.92. The first-order valence-electron chi connectivity index (χ1n) is 8.20. The minimum atomic E-state index is 0.286. The zero-order chi connectivity index (χ0) is 17.5. The third-order valence-electron chi connectivity index (χ3n) is 4.42. The molecule has 1 rings (SSSR count). The lowest BCUT2D eigenvalue weighted by molar-refractivity contribution is 0.377. The maximum absolute atomic E-state index is 9.01. The monoisotopic (exact) mass is 327 g/mol. The van der Waals surface area contributed by atoms with Crippen LogP contribution in [0.25, 0.3) is 0 Å². The van der Waals surface area contributed by atoms with Crippen molar-refractivity contribution in [3.8, 4) is 6.07 Å². The Morgan fingerprint density at radius 1 is 1.26 bits per heavy atom. The molecule has 0 bridgehead atoms. The van der Waals surface area contributed by atoms with Gasteiger partial charge in [-0.15, -0.1) is 11.8 Å². The van der Waals surface area contributed by atoms with Crippen LogP contribution in [0.5, 0.6) is 0 Å². The Kier molecular flexibility index (Phi) is 7.65. The molecular weight excluding hydrogens is 298 g/mol. The van der Waals surface area contributed by atoms with Crippen molar-refractivity contribution in [1.29, 1.82) is 5.26 Å². The second-order valence-corrected chi connectivity index (χ2v) is 7.68. The van der Waals surface area contributed by atoms with E-state index in [1.807, 2.05) is 25.3 Å². The number of hydrogen-bond donors (Lipinski definition) is 0. The van der Waals surface area contributed by atoms with Crippen LogP contribution in [0.2, 0.25) is 0 Å². The van der Waals surface area contributed by atoms with Gasteiger partial charge in [0.05, 0.1) is 4.91 Å². The van der Waals surface area contributed by atoms with E-state index in [0.717, 1.165) is 10.5 Å². The summed E-state index contributed by atoms with van der Waals surface area (Å²) in [6, 6.07) is 2.22. The minimum Gasteiger partial charge on any atom is -0.192 e.